The second-order valence-corrected chi connectivity index (χ2v) is 8.06. The highest BCUT2D eigenvalue weighted by Crippen LogP contribution is 2.33. The lowest BCUT2D eigenvalue weighted by molar-refractivity contribution is -0.122. The number of benzene rings is 2. The van der Waals surface area contributed by atoms with Crippen molar-refractivity contribution in [3.63, 3.8) is 0 Å². The number of carbonyl (C=O) groups excluding carboxylic acids is 1. The first-order valence-electron chi connectivity index (χ1n) is 10.8. The van der Waals surface area contributed by atoms with Crippen LogP contribution in [0.25, 0.3) is 11.3 Å². The average molecular weight is 477 g/mol. The molecule has 0 saturated carbocycles. The molecule has 9 heteroatoms. The molecule has 4 aromatic rings. The molecule has 0 unspecified atom stereocenters. The molecule has 0 atom stereocenters. The lowest BCUT2D eigenvalue weighted by Crippen LogP contribution is -2.43. The minimum Gasteiger partial charge on any atom is -0.340 e. The fourth-order valence-corrected chi connectivity index (χ4v) is 3.56. The van der Waals surface area contributed by atoms with Crippen LogP contribution < -0.4 is 10.2 Å². The summed E-state index contributed by atoms with van der Waals surface area (Å²) in [6.45, 7) is 3.75. The van der Waals surface area contributed by atoms with Crippen LogP contribution in [0.1, 0.15) is 35.7 Å². The number of hydrogen-bond acceptors (Lipinski definition) is 5. The lowest BCUT2D eigenvalue weighted by atomic mass is 10.0. The van der Waals surface area contributed by atoms with Gasteiger partial charge in [-0.05, 0) is 60.0 Å². The predicted octanol–water partition coefficient (Wildman–Crippen LogP) is 6.57. The summed E-state index contributed by atoms with van der Waals surface area (Å²) in [5.74, 6) is -0.734. The molecule has 2 aromatic heterocycles. The summed E-state index contributed by atoms with van der Waals surface area (Å²) >= 11 is 0. The molecule has 2 aromatic carbocycles. The summed E-state index contributed by atoms with van der Waals surface area (Å²) in [6, 6.07) is 17.1. The third kappa shape index (κ3) is 5.46. The number of aromatic nitrogens is 3. The molecule has 0 spiro atoms. The molecular formula is C26H22F3N5O. The van der Waals surface area contributed by atoms with Gasteiger partial charge in [0.25, 0.3) is 5.91 Å². The van der Waals surface area contributed by atoms with Crippen molar-refractivity contribution >= 4 is 23.1 Å². The predicted molar refractivity (Wildman–Crippen MR) is 128 cm³/mol. The van der Waals surface area contributed by atoms with Gasteiger partial charge in [-0.3, -0.25) is 4.79 Å². The molecule has 0 radical (unpaired) electrons. The number of nitrogens with zero attached hydrogens (tertiary/aromatic N) is 4. The maximum absolute atomic E-state index is 14.0. The molecule has 6 nitrogen and oxygen atoms in total. The normalized spacial score (nSPS) is 11.4. The highest BCUT2D eigenvalue weighted by Gasteiger charge is 2.42. The van der Waals surface area contributed by atoms with Crippen LogP contribution in [0.5, 0.6) is 0 Å². The number of pyridine rings is 1. The molecule has 0 saturated heterocycles. The van der Waals surface area contributed by atoms with E-state index in [0.717, 1.165) is 0 Å². The maximum atomic E-state index is 14.0. The van der Waals surface area contributed by atoms with Crippen molar-refractivity contribution in [3.8, 4) is 11.3 Å². The molecule has 0 aliphatic heterocycles. The van der Waals surface area contributed by atoms with Crippen molar-refractivity contribution in [2.24, 2.45) is 0 Å². The largest absolute Gasteiger partial charge is 0.491 e. The molecule has 0 bridgehead atoms. The van der Waals surface area contributed by atoms with Crippen LogP contribution in [0.3, 0.4) is 0 Å². The molecule has 178 valence electrons. The van der Waals surface area contributed by atoms with Crippen LogP contribution in [0, 0.1) is 0 Å². The van der Waals surface area contributed by atoms with Gasteiger partial charge >= 0.3 is 6.30 Å². The Labute approximate surface area is 200 Å². The van der Waals surface area contributed by atoms with Crippen LogP contribution in [0.4, 0.5) is 30.4 Å². The van der Waals surface area contributed by atoms with Gasteiger partial charge in [0.2, 0.25) is 0 Å². The highest BCUT2D eigenvalue weighted by molar-refractivity contribution is 6.07. The summed E-state index contributed by atoms with van der Waals surface area (Å²) in [6.07, 6.45) is -0.323. The fraction of sp³-hybridized carbons (Fsp3) is 0.154. The molecular weight excluding hydrogens is 455 g/mol. The van der Waals surface area contributed by atoms with Crippen molar-refractivity contribution in [2.75, 3.05) is 10.2 Å². The highest BCUT2D eigenvalue weighted by atomic mass is 19.4. The van der Waals surface area contributed by atoms with E-state index < -0.39 is 12.2 Å². The van der Waals surface area contributed by atoms with Gasteiger partial charge < -0.3 is 5.32 Å². The minimum absolute atomic E-state index is 0.00937. The van der Waals surface area contributed by atoms with Gasteiger partial charge in [0, 0.05) is 29.2 Å². The van der Waals surface area contributed by atoms with Gasteiger partial charge in [0.15, 0.2) is 0 Å². The van der Waals surface area contributed by atoms with Gasteiger partial charge in [-0.1, -0.05) is 32.0 Å². The number of anilines is 3. The van der Waals surface area contributed by atoms with Crippen molar-refractivity contribution in [3.05, 3.63) is 96.6 Å². The SMILES string of the molecule is CC(C)c1cccc(N(C(=O)c2cccc(Nc3ncccc3-c3ccncn3)c2)C(F)(F)F)c1. The summed E-state index contributed by atoms with van der Waals surface area (Å²) < 4.78 is 42.1. The Kier molecular flexibility index (Phi) is 6.77. The summed E-state index contributed by atoms with van der Waals surface area (Å²) in [4.78, 5) is 25.4. The average Bonchev–Trinajstić information content (AvgIpc) is 2.84. The van der Waals surface area contributed by atoms with Gasteiger partial charge in [-0.15, -0.1) is 13.2 Å². The van der Waals surface area contributed by atoms with Gasteiger partial charge in [-0.25, -0.2) is 19.9 Å². The third-order valence-electron chi connectivity index (χ3n) is 5.29. The molecule has 0 aliphatic rings. The number of hydrogen-bond donors (Lipinski definition) is 1. The van der Waals surface area contributed by atoms with Gasteiger partial charge in [-0.2, -0.15) is 0 Å². The first-order chi connectivity index (χ1) is 16.7. The van der Waals surface area contributed by atoms with Crippen LogP contribution in [-0.2, 0) is 0 Å². The van der Waals surface area contributed by atoms with E-state index in [2.05, 4.69) is 20.3 Å². The first-order valence-corrected chi connectivity index (χ1v) is 10.8. The molecule has 4 rings (SSSR count). The number of halogens is 3. The van der Waals surface area contributed by atoms with Crippen LogP contribution in [0.2, 0.25) is 0 Å². The Morgan fingerprint density at radius 2 is 1.74 bits per heavy atom. The number of rotatable bonds is 6. The van der Waals surface area contributed by atoms with Gasteiger partial charge in [0.05, 0.1) is 11.4 Å². The molecule has 1 amide bonds. The van der Waals surface area contributed by atoms with Crippen molar-refractivity contribution < 1.29 is 18.0 Å². The van der Waals surface area contributed by atoms with E-state index in [1.165, 1.54) is 42.7 Å². The Balaban J connectivity index is 1.67. The van der Waals surface area contributed by atoms with Gasteiger partial charge in [0.1, 0.15) is 12.1 Å². The summed E-state index contributed by atoms with van der Waals surface area (Å²) in [5.41, 5.74) is 2.05. The zero-order chi connectivity index (χ0) is 25.0. The summed E-state index contributed by atoms with van der Waals surface area (Å²) in [7, 11) is 0. The van der Waals surface area contributed by atoms with Crippen molar-refractivity contribution in [1.29, 1.82) is 0 Å². The first kappa shape index (κ1) is 23.9. The number of nitrogens with one attached hydrogen (secondary N) is 1. The number of amides is 1. The van der Waals surface area contributed by atoms with E-state index in [1.807, 2.05) is 13.8 Å². The van der Waals surface area contributed by atoms with E-state index in [0.29, 0.717) is 28.3 Å². The van der Waals surface area contributed by atoms with E-state index in [4.69, 9.17) is 0 Å². The zero-order valence-electron chi connectivity index (χ0n) is 19.0. The lowest BCUT2D eigenvalue weighted by Gasteiger charge is -2.26. The van der Waals surface area contributed by atoms with E-state index in [1.54, 1.807) is 42.7 Å². The Bertz CT molecular complexity index is 1330. The second-order valence-electron chi connectivity index (χ2n) is 8.06. The smallest absolute Gasteiger partial charge is 0.340 e. The molecule has 2 heterocycles. The fourth-order valence-electron chi connectivity index (χ4n) is 3.56. The molecule has 0 aliphatic carbocycles. The number of alkyl halides is 3. The third-order valence-corrected chi connectivity index (χ3v) is 5.29. The monoisotopic (exact) mass is 477 g/mol. The molecule has 0 fully saturated rings. The molecule has 1 N–H and O–H groups in total. The van der Waals surface area contributed by atoms with Crippen LogP contribution in [0.15, 0.2) is 85.5 Å². The van der Waals surface area contributed by atoms with Crippen molar-refractivity contribution in [2.45, 2.75) is 26.1 Å². The second kappa shape index (κ2) is 9.92. The van der Waals surface area contributed by atoms with E-state index in [9.17, 15) is 18.0 Å². The minimum atomic E-state index is -4.91. The number of carbonyl (C=O) groups is 1. The van der Waals surface area contributed by atoms with Crippen molar-refractivity contribution in [1.82, 2.24) is 15.0 Å². The van der Waals surface area contributed by atoms with Crippen LogP contribution in [-0.4, -0.2) is 27.2 Å². The quantitative estimate of drug-likeness (QED) is 0.318. The standard InChI is InChI=1S/C26H22F3N5O/c1-17(2)18-6-4-9-21(15-18)34(26(27,28)29)25(35)19-7-3-8-20(14-19)33-24-22(10-5-12-31-24)23-11-13-30-16-32-23/h3-17H,1-2H3,(H,31,33). The maximum Gasteiger partial charge on any atom is 0.491 e. The molecule has 35 heavy (non-hydrogen) atoms. The summed E-state index contributed by atoms with van der Waals surface area (Å²) in [5, 5.41) is 3.08. The van der Waals surface area contributed by atoms with Crippen LogP contribution >= 0.6 is 0 Å². The Morgan fingerprint density at radius 1 is 0.943 bits per heavy atom. The zero-order valence-corrected chi connectivity index (χ0v) is 19.0. The Hall–Kier alpha value is -4.27. The van der Waals surface area contributed by atoms with E-state index >= 15 is 0 Å². The van der Waals surface area contributed by atoms with E-state index in [-0.39, 0.29) is 22.1 Å². The topological polar surface area (TPSA) is 71.0 Å². The Morgan fingerprint density at radius 3 is 2.46 bits per heavy atom.